The summed E-state index contributed by atoms with van der Waals surface area (Å²) in [6.07, 6.45) is 0.792. The Balaban J connectivity index is 1.72. The first-order chi connectivity index (χ1) is 11.1. The molecule has 1 aromatic heterocycles. The average molecular weight is 331 g/mol. The standard InChI is InChI=1S/C17H21N3O2S/c1-12-10-13(2)20-17(19-12)23-11-16(21)18-9-8-14-4-6-15(22-3)7-5-14/h4-7,10H,8-9,11H2,1-3H3,(H,18,21). The smallest absolute Gasteiger partial charge is 0.230 e. The van der Waals surface area contributed by atoms with Gasteiger partial charge in [0, 0.05) is 17.9 Å². The van der Waals surface area contributed by atoms with Gasteiger partial charge in [0.05, 0.1) is 12.9 Å². The topological polar surface area (TPSA) is 64.1 Å². The van der Waals surface area contributed by atoms with Crippen LogP contribution in [0.2, 0.25) is 0 Å². The van der Waals surface area contributed by atoms with Crippen molar-refractivity contribution in [1.29, 1.82) is 0 Å². The summed E-state index contributed by atoms with van der Waals surface area (Å²) in [5.74, 6) is 1.15. The number of aromatic nitrogens is 2. The zero-order valence-corrected chi connectivity index (χ0v) is 14.4. The molecule has 0 saturated carbocycles. The third-order valence-electron chi connectivity index (χ3n) is 3.19. The molecule has 5 nitrogen and oxygen atoms in total. The van der Waals surface area contributed by atoms with Gasteiger partial charge in [0.15, 0.2) is 5.16 Å². The van der Waals surface area contributed by atoms with Gasteiger partial charge in [0.1, 0.15) is 5.75 Å². The second kappa shape index (κ2) is 8.53. The maximum absolute atomic E-state index is 11.9. The normalized spacial score (nSPS) is 10.4. The van der Waals surface area contributed by atoms with Gasteiger partial charge in [-0.2, -0.15) is 0 Å². The highest BCUT2D eigenvalue weighted by atomic mass is 32.2. The third kappa shape index (κ3) is 5.90. The minimum absolute atomic E-state index is 0.00808. The van der Waals surface area contributed by atoms with Gasteiger partial charge in [0.2, 0.25) is 5.91 Å². The summed E-state index contributed by atoms with van der Waals surface area (Å²) in [5, 5.41) is 3.56. The van der Waals surface area contributed by atoms with Gasteiger partial charge in [-0.3, -0.25) is 4.79 Å². The summed E-state index contributed by atoms with van der Waals surface area (Å²) in [5.41, 5.74) is 3.00. The molecule has 0 spiro atoms. The molecule has 0 aliphatic heterocycles. The SMILES string of the molecule is COc1ccc(CCNC(=O)CSc2nc(C)cc(C)n2)cc1. The Morgan fingerprint density at radius 1 is 1.17 bits per heavy atom. The van der Waals surface area contributed by atoms with E-state index >= 15 is 0 Å². The summed E-state index contributed by atoms with van der Waals surface area (Å²) in [4.78, 5) is 20.5. The van der Waals surface area contributed by atoms with Gasteiger partial charge in [-0.15, -0.1) is 0 Å². The van der Waals surface area contributed by atoms with Crippen molar-refractivity contribution in [3.8, 4) is 5.75 Å². The van der Waals surface area contributed by atoms with Gasteiger partial charge in [-0.05, 0) is 44.0 Å². The quantitative estimate of drug-likeness (QED) is 0.624. The molecule has 1 aromatic carbocycles. The van der Waals surface area contributed by atoms with E-state index in [4.69, 9.17) is 4.74 Å². The maximum Gasteiger partial charge on any atom is 0.230 e. The molecule has 6 heteroatoms. The Morgan fingerprint density at radius 2 is 1.83 bits per heavy atom. The minimum Gasteiger partial charge on any atom is -0.497 e. The minimum atomic E-state index is -0.00808. The van der Waals surface area contributed by atoms with Gasteiger partial charge in [-0.1, -0.05) is 23.9 Å². The van der Waals surface area contributed by atoms with Gasteiger partial charge < -0.3 is 10.1 Å². The Morgan fingerprint density at radius 3 is 2.43 bits per heavy atom. The van der Waals surface area contributed by atoms with E-state index in [1.807, 2.05) is 44.2 Å². The molecule has 2 rings (SSSR count). The number of hydrogen-bond donors (Lipinski definition) is 1. The summed E-state index contributed by atoms with van der Waals surface area (Å²) < 4.78 is 5.12. The van der Waals surface area contributed by atoms with Crippen molar-refractivity contribution in [2.45, 2.75) is 25.4 Å². The lowest BCUT2D eigenvalue weighted by molar-refractivity contribution is -0.118. The number of amides is 1. The van der Waals surface area contributed by atoms with Crippen LogP contribution in [0.1, 0.15) is 17.0 Å². The van der Waals surface area contributed by atoms with Crippen LogP contribution in [0.3, 0.4) is 0 Å². The summed E-state index contributed by atoms with van der Waals surface area (Å²) in [6, 6.07) is 9.76. The lowest BCUT2D eigenvalue weighted by Gasteiger charge is -2.06. The predicted octanol–water partition coefficient (Wildman–Crippen LogP) is 2.55. The number of hydrogen-bond acceptors (Lipinski definition) is 5. The molecule has 1 N–H and O–H groups in total. The molecule has 122 valence electrons. The van der Waals surface area contributed by atoms with E-state index in [0.717, 1.165) is 29.1 Å². The summed E-state index contributed by atoms with van der Waals surface area (Å²) >= 11 is 1.36. The van der Waals surface area contributed by atoms with Crippen molar-refractivity contribution >= 4 is 17.7 Å². The van der Waals surface area contributed by atoms with Crippen LogP contribution in [-0.4, -0.2) is 35.3 Å². The van der Waals surface area contributed by atoms with Crippen LogP contribution in [0, 0.1) is 13.8 Å². The Bertz CT molecular complexity index is 639. The first-order valence-electron chi connectivity index (χ1n) is 7.41. The first kappa shape index (κ1) is 17.3. The van der Waals surface area contributed by atoms with Crippen LogP contribution < -0.4 is 10.1 Å². The number of benzene rings is 1. The van der Waals surface area contributed by atoms with Crippen LogP contribution in [-0.2, 0) is 11.2 Å². The number of nitrogens with one attached hydrogen (secondary N) is 1. The Hall–Kier alpha value is -2.08. The number of ether oxygens (including phenoxy) is 1. The monoisotopic (exact) mass is 331 g/mol. The van der Waals surface area contributed by atoms with Crippen LogP contribution in [0.15, 0.2) is 35.5 Å². The fourth-order valence-corrected chi connectivity index (χ4v) is 2.86. The molecule has 23 heavy (non-hydrogen) atoms. The molecule has 0 aliphatic rings. The van der Waals surface area contributed by atoms with Crippen molar-refractivity contribution in [2.75, 3.05) is 19.4 Å². The van der Waals surface area contributed by atoms with Crippen LogP contribution in [0.25, 0.3) is 0 Å². The first-order valence-corrected chi connectivity index (χ1v) is 8.40. The molecule has 0 bridgehead atoms. The highest BCUT2D eigenvalue weighted by molar-refractivity contribution is 7.99. The highest BCUT2D eigenvalue weighted by Gasteiger charge is 2.06. The Kier molecular flexibility index (Phi) is 6.40. The number of rotatable bonds is 7. The average Bonchev–Trinajstić information content (AvgIpc) is 2.53. The molecule has 1 amide bonds. The summed E-state index contributed by atoms with van der Waals surface area (Å²) in [7, 11) is 1.65. The highest BCUT2D eigenvalue weighted by Crippen LogP contribution is 2.14. The molecule has 0 aliphatic carbocycles. The zero-order valence-electron chi connectivity index (χ0n) is 13.6. The molecule has 2 aromatic rings. The fraction of sp³-hybridized carbons (Fsp3) is 0.353. The predicted molar refractivity (Wildman–Crippen MR) is 91.9 cm³/mol. The van der Waals surface area contributed by atoms with E-state index in [-0.39, 0.29) is 5.91 Å². The molecule has 1 heterocycles. The summed E-state index contributed by atoms with van der Waals surface area (Å²) in [6.45, 7) is 4.46. The van der Waals surface area contributed by atoms with E-state index in [0.29, 0.717) is 17.5 Å². The second-order valence-corrected chi connectivity index (χ2v) is 6.11. The second-order valence-electron chi connectivity index (χ2n) is 5.17. The van der Waals surface area contributed by atoms with E-state index in [1.165, 1.54) is 11.8 Å². The van der Waals surface area contributed by atoms with Crippen molar-refractivity contribution in [3.63, 3.8) is 0 Å². The third-order valence-corrected chi connectivity index (χ3v) is 4.04. The Labute approximate surface area is 140 Å². The number of aryl methyl sites for hydroxylation is 2. The zero-order chi connectivity index (χ0) is 16.7. The molecule has 0 fully saturated rings. The van der Waals surface area contributed by atoms with Crippen LogP contribution in [0.5, 0.6) is 5.75 Å². The largest absolute Gasteiger partial charge is 0.497 e. The molecular formula is C17H21N3O2S. The van der Waals surface area contributed by atoms with Gasteiger partial charge in [0.25, 0.3) is 0 Å². The number of methoxy groups -OCH3 is 1. The van der Waals surface area contributed by atoms with Crippen molar-refractivity contribution in [2.24, 2.45) is 0 Å². The van der Waals surface area contributed by atoms with Crippen LogP contribution in [0.4, 0.5) is 0 Å². The lowest BCUT2D eigenvalue weighted by Crippen LogP contribution is -2.27. The van der Waals surface area contributed by atoms with E-state index in [9.17, 15) is 4.79 Å². The molecule has 0 unspecified atom stereocenters. The number of carbonyl (C=O) groups excluding carboxylic acids is 1. The van der Waals surface area contributed by atoms with Crippen molar-refractivity contribution in [3.05, 3.63) is 47.3 Å². The lowest BCUT2D eigenvalue weighted by atomic mass is 10.1. The van der Waals surface area contributed by atoms with Crippen molar-refractivity contribution < 1.29 is 9.53 Å². The number of carbonyl (C=O) groups is 1. The number of thioether (sulfide) groups is 1. The van der Waals surface area contributed by atoms with E-state index < -0.39 is 0 Å². The van der Waals surface area contributed by atoms with Gasteiger partial charge in [-0.25, -0.2) is 9.97 Å². The maximum atomic E-state index is 11.9. The van der Waals surface area contributed by atoms with Crippen LogP contribution >= 0.6 is 11.8 Å². The van der Waals surface area contributed by atoms with Gasteiger partial charge >= 0.3 is 0 Å². The molecular weight excluding hydrogens is 310 g/mol. The van der Waals surface area contributed by atoms with E-state index in [1.54, 1.807) is 7.11 Å². The number of nitrogens with zero attached hydrogens (tertiary/aromatic N) is 2. The molecule has 0 atom stereocenters. The molecule has 0 saturated heterocycles. The molecule has 0 radical (unpaired) electrons. The fourth-order valence-electron chi connectivity index (χ4n) is 2.08. The van der Waals surface area contributed by atoms with E-state index in [2.05, 4.69) is 15.3 Å². The van der Waals surface area contributed by atoms with Crippen molar-refractivity contribution in [1.82, 2.24) is 15.3 Å².